The summed E-state index contributed by atoms with van der Waals surface area (Å²) in [4.78, 5) is 22.7. The molecule has 0 aliphatic carbocycles. The van der Waals surface area contributed by atoms with Gasteiger partial charge in [0.2, 0.25) is 0 Å². The van der Waals surface area contributed by atoms with Crippen LogP contribution in [-0.4, -0.2) is 25.2 Å². The van der Waals surface area contributed by atoms with E-state index in [1.54, 1.807) is 27.7 Å². The Morgan fingerprint density at radius 2 is 1.76 bits per heavy atom. The average Bonchev–Trinajstić information content (AvgIpc) is 2.50. The summed E-state index contributed by atoms with van der Waals surface area (Å²) in [6.07, 6.45) is 0. The number of hydrogen-bond acceptors (Lipinski definition) is 5. The van der Waals surface area contributed by atoms with Gasteiger partial charge in [-0.05, 0) is 27.7 Å². The molecule has 0 saturated heterocycles. The summed E-state index contributed by atoms with van der Waals surface area (Å²) >= 11 is 0. The van der Waals surface area contributed by atoms with Gasteiger partial charge in [0.25, 0.3) is 0 Å². The van der Waals surface area contributed by atoms with Gasteiger partial charge in [0.05, 0.1) is 6.61 Å². The van der Waals surface area contributed by atoms with Crippen LogP contribution in [0.2, 0.25) is 0 Å². The Morgan fingerprint density at radius 1 is 1.12 bits per heavy atom. The molecule has 0 fully saturated rings. The van der Waals surface area contributed by atoms with Crippen molar-refractivity contribution in [3.63, 3.8) is 0 Å². The number of hydrogen-bond donors (Lipinski definition) is 0. The highest BCUT2D eigenvalue weighted by Crippen LogP contribution is 2.21. The molecule has 0 radical (unpaired) electrons. The predicted octanol–water partition coefficient (Wildman–Crippen LogP) is 1.92. The first kappa shape index (κ1) is 13.3. The number of furan rings is 1. The molecule has 0 bridgehead atoms. The monoisotopic (exact) mass is 240 g/mol. The van der Waals surface area contributed by atoms with Crippen LogP contribution >= 0.6 is 0 Å². The van der Waals surface area contributed by atoms with Gasteiger partial charge in [-0.1, -0.05) is 0 Å². The molecule has 0 spiro atoms. The van der Waals surface area contributed by atoms with Crippen molar-refractivity contribution in [2.75, 3.05) is 13.2 Å². The van der Waals surface area contributed by atoms with Crippen LogP contribution in [0.5, 0.6) is 0 Å². The summed E-state index contributed by atoms with van der Waals surface area (Å²) in [6.45, 7) is 6.79. The minimum Gasteiger partial charge on any atom is -0.465 e. The van der Waals surface area contributed by atoms with Crippen LogP contribution in [0.25, 0.3) is 0 Å². The first-order valence-electron chi connectivity index (χ1n) is 5.36. The van der Waals surface area contributed by atoms with Gasteiger partial charge in [0.15, 0.2) is 6.61 Å². The van der Waals surface area contributed by atoms with Crippen molar-refractivity contribution in [1.82, 2.24) is 0 Å². The summed E-state index contributed by atoms with van der Waals surface area (Å²) in [7, 11) is 0. The molecule has 0 aromatic carbocycles. The van der Waals surface area contributed by atoms with Gasteiger partial charge in [-0.3, -0.25) is 0 Å². The van der Waals surface area contributed by atoms with Crippen molar-refractivity contribution < 1.29 is 23.5 Å². The Labute approximate surface area is 99.7 Å². The maximum absolute atomic E-state index is 11.7. The fraction of sp³-hybridized carbons (Fsp3) is 0.500. The molecule has 0 saturated carbocycles. The van der Waals surface area contributed by atoms with Crippen molar-refractivity contribution in [2.24, 2.45) is 0 Å². The lowest BCUT2D eigenvalue weighted by molar-refractivity contribution is -0.146. The molecule has 0 unspecified atom stereocenters. The normalized spacial score (nSPS) is 10.1. The van der Waals surface area contributed by atoms with Crippen molar-refractivity contribution in [1.29, 1.82) is 0 Å². The molecule has 0 amide bonds. The summed E-state index contributed by atoms with van der Waals surface area (Å²) in [5.41, 5.74) is 1.11. The zero-order valence-electron chi connectivity index (χ0n) is 10.5. The number of carbonyl (C=O) groups is 2. The van der Waals surface area contributed by atoms with E-state index in [-0.39, 0.29) is 13.2 Å². The lowest BCUT2D eigenvalue weighted by Gasteiger charge is -2.04. The first-order chi connectivity index (χ1) is 7.97. The second kappa shape index (κ2) is 5.52. The van der Waals surface area contributed by atoms with Crippen LogP contribution in [0.15, 0.2) is 4.42 Å². The Hall–Kier alpha value is -1.78. The zero-order chi connectivity index (χ0) is 13.0. The van der Waals surface area contributed by atoms with Gasteiger partial charge in [-0.2, -0.15) is 0 Å². The van der Waals surface area contributed by atoms with Gasteiger partial charge in [-0.15, -0.1) is 0 Å². The molecule has 0 aliphatic rings. The van der Waals surface area contributed by atoms with E-state index in [0.29, 0.717) is 17.1 Å². The maximum atomic E-state index is 11.7. The second-order valence-electron chi connectivity index (χ2n) is 3.60. The number of ether oxygens (including phenoxy) is 2. The Balaban J connectivity index is 2.67. The SMILES string of the molecule is CCOC(=O)COC(=O)c1c(C)oc(C)c1C. The fourth-order valence-electron chi connectivity index (χ4n) is 1.49. The third kappa shape index (κ3) is 3.09. The van der Waals surface area contributed by atoms with E-state index in [2.05, 4.69) is 4.74 Å². The second-order valence-corrected chi connectivity index (χ2v) is 3.60. The van der Waals surface area contributed by atoms with E-state index in [1.807, 2.05) is 0 Å². The van der Waals surface area contributed by atoms with E-state index < -0.39 is 11.9 Å². The quantitative estimate of drug-likeness (QED) is 0.752. The fourth-order valence-corrected chi connectivity index (χ4v) is 1.49. The van der Waals surface area contributed by atoms with Crippen LogP contribution < -0.4 is 0 Å². The first-order valence-corrected chi connectivity index (χ1v) is 5.36. The third-order valence-corrected chi connectivity index (χ3v) is 2.39. The van der Waals surface area contributed by atoms with Gasteiger partial charge in [0, 0.05) is 5.56 Å². The van der Waals surface area contributed by atoms with Crippen LogP contribution in [0, 0.1) is 20.8 Å². The Kier molecular flexibility index (Phi) is 4.31. The molecule has 1 aromatic rings. The molecule has 5 nitrogen and oxygen atoms in total. The molecule has 1 aromatic heterocycles. The molecule has 17 heavy (non-hydrogen) atoms. The number of carbonyl (C=O) groups excluding carboxylic acids is 2. The minimum absolute atomic E-state index is 0.263. The van der Waals surface area contributed by atoms with E-state index in [9.17, 15) is 9.59 Å². The topological polar surface area (TPSA) is 65.7 Å². The molecule has 0 aliphatic heterocycles. The summed E-state index contributed by atoms with van der Waals surface area (Å²) in [6, 6.07) is 0. The minimum atomic E-state index is -0.565. The molecule has 5 heteroatoms. The smallest absolute Gasteiger partial charge is 0.344 e. The number of rotatable bonds is 4. The highest BCUT2D eigenvalue weighted by molar-refractivity contribution is 5.93. The van der Waals surface area contributed by atoms with Crippen LogP contribution in [0.1, 0.15) is 34.4 Å². The molecule has 94 valence electrons. The average molecular weight is 240 g/mol. The summed E-state index contributed by atoms with van der Waals surface area (Å²) in [5, 5.41) is 0. The van der Waals surface area contributed by atoms with Crippen LogP contribution in [0.3, 0.4) is 0 Å². The molecule has 1 rings (SSSR count). The molecular formula is C12H16O5. The Morgan fingerprint density at radius 3 is 2.24 bits per heavy atom. The highest BCUT2D eigenvalue weighted by atomic mass is 16.6. The molecule has 0 atom stereocenters. The van der Waals surface area contributed by atoms with Gasteiger partial charge in [-0.25, -0.2) is 9.59 Å². The third-order valence-electron chi connectivity index (χ3n) is 2.39. The summed E-state index contributed by atoms with van der Waals surface area (Å²) < 4.78 is 14.8. The highest BCUT2D eigenvalue weighted by Gasteiger charge is 2.20. The molecular weight excluding hydrogens is 224 g/mol. The van der Waals surface area contributed by atoms with Crippen molar-refractivity contribution in [2.45, 2.75) is 27.7 Å². The van der Waals surface area contributed by atoms with Crippen LogP contribution in [0.4, 0.5) is 0 Å². The largest absolute Gasteiger partial charge is 0.465 e. The van der Waals surface area contributed by atoms with Crippen molar-refractivity contribution in [3.05, 3.63) is 22.6 Å². The van der Waals surface area contributed by atoms with Crippen LogP contribution in [-0.2, 0) is 14.3 Å². The van der Waals surface area contributed by atoms with Gasteiger partial charge in [0.1, 0.15) is 17.1 Å². The van der Waals surface area contributed by atoms with E-state index in [1.165, 1.54) is 0 Å². The van der Waals surface area contributed by atoms with E-state index >= 15 is 0 Å². The maximum Gasteiger partial charge on any atom is 0.344 e. The Bertz CT molecular complexity index is 430. The van der Waals surface area contributed by atoms with E-state index in [4.69, 9.17) is 9.15 Å². The molecule has 0 N–H and O–H groups in total. The number of aryl methyl sites for hydroxylation is 2. The van der Waals surface area contributed by atoms with E-state index in [0.717, 1.165) is 5.56 Å². The van der Waals surface area contributed by atoms with Crippen molar-refractivity contribution in [3.8, 4) is 0 Å². The predicted molar refractivity (Wildman–Crippen MR) is 59.8 cm³/mol. The lowest BCUT2D eigenvalue weighted by Crippen LogP contribution is -2.17. The standard InChI is InChI=1S/C12H16O5/c1-5-15-10(13)6-16-12(14)11-7(2)8(3)17-9(11)4/h5-6H2,1-4H3. The zero-order valence-corrected chi connectivity index (χ0v) is 10.5. The van der Waals surface area contributed by atoms with Crippen molar-refractivity contribution >= 4 is 11.9 Å². The lowest BCUT2D eigenvalue weighted by atomic mass is 10.1. The summed E-state index contributed by atoms with van der Waals surface area (Å²) in [5.74, 6) is 0.0423. The molecule has 1 heterocycles. The van der Waals surface area contributed by atoms with Gasteiger partial charge < -0.3 is 13.9 Å². The van der Waals surface area contributed by atoms with Gasteiger partial charge >= 0.3 is 11.9 Å². The number of esters is 2.